The van der Waals surface area contributed by atoms with Gasteiger partial charge in [0.25, 0.3) is 0 Å². The fraction of sp³-hybridized carbons (Fsp3) is 0.429. The second kappa shape index (κ2) is 6.70. The summed E-state index contributed by atoms with van der Waals surface area (Å²) in [4.78, 5) is 4.42. The molecule has 0 bridgehead atoms. The Balaban J connectivity index is 2.33. The summed E-state index contributed by atoms with van der Waals surface area (Å²) in [6, 6.07) is 3.79. The molecule has 0 aliphatic rings. The Kier molecular flexibility index (Phi) is 5.18. The first-order valence-electron chi connectivity index (χ1n) is 6.56. The SMILES string of the molecule is CCNC(Cc1c(Br)c(C)nn1C)c1ncccc1Cl. The number of rotatable bonds is 5. The Hall–Kier alpha value is -0.910. The van der Waals surface area contributed by atoms with E-state index in [9.17, 15) is 0 Å². The number of hydrogen-bond donors (Lipinski definition) is 1. The van der Waals surface area contributed by atoms with Crippen LogP contribution in [0.1, 0.15) is 30.0 Å². The van der Waals surface area contributed by atoms with Gasteiger partial charge in [0.1, 0.15) is 0 Å². The number of aromatic nitrogens is 3. The van der Waals surface area contributed by atoms with Crippen molar-refractivity contribution in [1.29, 1.82) is 0 Å². The van der Waals surface area contributed by atoms with Crippen LogP contribution in [0, 0.1) is 6.92 Å². The molecule has 2 rings (SSSR count). The number of hydrogen-bond acceptors (Lipinski definition) is 3. The summed E-state index contributed by atoms with van der Waals surface area (Å²) < 4.78 is 2.95. The van der Waals surface area contributed by atoms with Crippen molar-refractivity contribution in [2.75, 3.05) is 6.54 Å². The molecule has 1 atom stereocenters. The Morgan fingerprint density at radius 2 is 2.25 bits per heavy atom. The number of nitrogens with zero attached hydrogens (tertiary/aromatic N) is 3. The maximum absolute atomic E-state index is 6.27. The molecule has 108 valence electrons. The molecule has 1 unspecified atom stereocenters. The number of halogens is 2. The minimum atomic E-state index is 0.0693. The highest BCUT2D eigenvalue weighted by molar-refractivity contribution is 9.10. The molecule has 2 aromatic rings. The van der Waals surface area contributed by atoms with E-state index in [1.807, 2.05) is 30.8 Å². The van der Waals surface area contributed by atoms with Crippen molar-refractivity contribution < 1.29 is 0 Å². The van der Waals surface area contributed by atoms with E-state index in [2.05, 4.69) is 38.3 Å². The zero-order chi connectivity index (χ0) is 14.7. The second-order valence-corrected chi connectivity index (χ2v) is 5.85. The fourth-order valence-corrected chi connectivity index (χ4v) is 3.01. The van der Waals surface area contributed by atoms with Gasteiger partial charge in [-0.25, -0.2) is 0 Å². The first kappa shape index (κ1) is 15.5. The van der Waals surface area contributed by atoms with Crippen LogP contribution in [-0.2, 0) is 13.5 Å². The minimum absolute atomic E-state index is 0.0693. The number of pyridine rings is 1. The lowest BCUT2D eigenvalue weighted by Gasteiger charge is -2.18. The lowest BCUT2D eigenvalue weighted by molar-refractivity contribution is 0.517. The maximum Gasteiger partial charge on any atom is 0.0762 e. The molecule has 0 aromatic carbocycles. The van der Waals surface area contributed by atoms with E-state index < -0.39 is 0 Å². The third kappa shape index (κ3) is 3.22. The van der Waals surface area contributed by atoms with Crippen LogP contribution in [0.25, 0.3) is 0 Å². The normalized spacial score (nSPS) is 12.7. The highest BCUT2D eigenvalue weighted by Crippen LogP contribution is 2.28. The van der Waals surface area contributed by atoms with E-state index in [1.54, 1.807) is 6.20 Å². The third-order valence-electron chi connectivity index (χ3n) is 3.23. The van der Waals surface area contributed by atoms with Crippen LogP contribution in [-0.4, -0.2) is 21.3 Å². The van der Waals surface area contributed by atoms with Crippen LogP contribution in [0.4, 0.5) is 0 Å². The van der Waals surface area contributed by atoms with E-state index in [0.29, 0.717) is 5.02 Å². The van der Waals surface area contributed by atoms with Crippen LogP contribution in [0.5, 0.6) is 0 Å². The van der Waals surface area contributed by atoms with Crippen molar-refractivity contribution in [3.05, 3.63) is 44.9 Å². The van der Waals surface area contributed by atoms with Gasteiger partial charge >= 0.3 is 0 Å². The van der Waals surface area contributed by atoms with Crippen LogP contribution in [0.15, 0.2) is 22.8 Å². The summed E-state index contributed by atoms with van der Waals surface area (Å²) in [5, 5.41) is 8.56. The molecule has 4 nitrogen and oxygen atoms in total. The molecular weight excluding hydrogens is 340 g/mol. The lowest BCUT2D eigenvalue weighted by atomic mass is 10.1. The second-order valence-electron chi connectivity index (χ2n) is 4.65. The molecule has 0 spiro atoms. The molecule has 1 N–H and O–H groups in total. The molecule has 2 heterocycles. The molecule has 0 radical (unpaired) electrons. The average molecular weight is 358 g/mol. The Bertz CT molecular complexity index is 597. The summed E-state index contributed by atoms with van der Waals surface area (Å²) in [5.41, 5.74) is 3.00. The summed E-state index contributed by atoms with van der Waals surface area (Å²) in [7, 11) is 1.95. The third-order valence-corrected chi connectivity index (χ3v) is 4.58. The van der Waals surface area contributed by atoms with Crippen LogP contribution in [0.2, 0.25) is 5.02 Å². The van der Waals surface area contributed by atoms with Crippen molar-refractivity contribution in [1.82, 2.24) is 20.1 Å². The van der Waals surface area contributed by atoms with E-state index in [1.165, 1.54) is 0 Å². The van der Waals surface area contributed by atoms with Crippen molar-refractivity contribution in [3.63, 3.8) is 0 Å². The van der Waals surface area contributed by atoms with Gasteiger partial charge in [-0.15, -0.1) is 0 Å². The zero-order valence-electron chi connectivity index (χ0n) is 11.8. The van der Waals surface area contributed by atoms with Gasteiger partial charge in [-0.3, -0.25) is 9.67 Å². The van der Waals surface area contributed by atoms with Gasteiger partial charge in [0.05, 0.1) is 32.6 Å². The van der Waals surface area contributed by atoms with Gasteiger partial charge in [-0.1, -0.05) is 18.5 Å². The van der Waals surface area contributed by atoms with Crippen LogP contribution < -0.4 is 5.32 Å². The number of aryl methyl sites for hydroxylation is 2. The van der Waals surface area contributed by atoms with E-state index >= 15 is 0 Å². The zero-order valence-corrected chi connectivity index (χ0v) is 14.2. The quantitative estimate of drug-likeness (QED) is 0.891. The summed E-state index contributed by atoms with van der Waals surface area (Å²) in [5.74, 6) is 0. The van der Waals surface area contributed by atoms with E-state index in [0.717, 1.165) is 34.5 Å². The van der Waals surface area contributed by atoms with Gasteiger partial charge < -0.3 is 5.32 Å². The van der Waals surface area contributed by atoms with Gasteiger partial charge in [-0.2, -0.15) is 5.10 Å². The number of likely N-dealkylation sites (N-methyl/N-ethyl adjacent to an activating group) is 1. The van der Waals surface area contributed by atoms with Crippen molar-refractivity contribution in [2.45, 2.75) is 26.3 Å². The molecule has 2 aromatic heterocycles. The van der Waals surface area contributed by atoms with Crippen molar-refractivity contribution in [3.8, 4) is 0 Å². The highest BCUT2D eigenvalue weighted by Gasteiger charge is 2.20. The standard InChI is InChI=1S/C14H18BrClN4/c1-4-17-11(14-10(16)6-5-7-18-14)8-12-13(15)9(2)19-20(12)3/h5-7,11,17H,4,8H2,1-3H3. The van der Waals surface area contributed by atoms with Crippen molar-refractivity contribution in [2.24, 2.45) is 7.05 Å². The minimum Gasteiger partial charge on any atom is -0.309 e. The molecule has 0 saturated heterocycles. The summed E-state index contributed by atoms with van der Waals surface area (Å²) in [6.07, 6.45) is 2.55. The molecule has 20 heavy (non-hydrogen) atoms. The van der Waals surface area contributed by atoms with E-state index in [-0.39, 0.29) is 6.04 Å². The van der Waals surface area contributed by atoms with Gasteiger partial charge in [-0.05, 0) is 41.5 Å². The molecule has 6 heteroatoms. The highest BCUT2D eigenvalue weighted by atomic mass is 79.9. The van der Waals surface area contributed by atoms with Gasteiger partial charge in [0.2, 0.25) is 0 Å². The predicted molar refractivity (Wildman–Crippen MR) is 85.0 cm³/mol. The van der Waals surface area contributed by atoms with Gasteiger partial charge in [0, 0.05) is 19.7 Å². The average Bonchev–Trinajstić information content (AvgIpc) is 2.65. The maximum atomic E-state index is 6.27. The molecule has 0 saturated carbocycles. The monoisotopic (exact) mass is 356 g/mol. The van der Waals surface area contributed by atoms with E-state index in [4.69, 9.17) is 11.6 Å². The molecule has 0 aliphatic heterocycles. The lowest BCUT2D eigenvalue weighted by Crippen LogP contribution is -2.25. The van der Waals surface area contributed by atoms with Gasteiger partial charge in [0.15, 0.2) is 0 Å². The first-order chi connectivity index (χ1) is 9.54. The molecule has 0 amide bonds. The predicted octanol–water partition coefficient (Wildman–Crippen LogP) is 3.43. The largest absolute Gasteiger partial charge is 0.309 e. The summed E-state index contributed by atoms with van der Waals surface area (Å²) in [6.45, 7) is 4.92. The first-order valence-corrected chi connectivity index (χ1v) is 7.73. The molecular formula is C14H18BrClN4. The molecule has 0 fully saturated rings. The molecule has 0 aliphatic carbocycles. The topological polar surface area (TPSA) is 42.7 Å². The van der Waals surface area contributed by atoms with Crippen molar-refractivity contribution >= 4 is 27.5 Å². The Morgan fingerprint density at radius 3 is 2.80 bits per heavy atom. The smallest absolute Gasteiger partial charge is 0.0762 e. The Morgan fingerprint density at radius 1 is 1.50 bits per heavy atom. The van der Waals surface area contributed by atoms with Crippen LogP contribution >= 0.6 is 27.5 Å². The summed E-state index contributed by atoms with van der Waals surface area (Å²) >= 11 is 9.88. The fourth-order valence-electron chi connectivity index (χ4n) is 2.26. The Labute approximate surface area is 132 Å². The van der Waals surface area contributed by atoms with Crippen LogP contribution in [0.3, 0.4) is 0 Å². The number of nitrogens with one attached hydrogen (secondary N) is 1.